The van der Waals surface area contributed by atoms with Gasteiger partial charge in [0.1, 0.15) is 5.75 Å². The van der Waals surface area contributed by atoms with Crippen molar-refractivity contribution >= 4 is 0 Å². The van der Waals surface area contributed by atoms with Crippen molar-refractivity contribution in [3.8, 4) is 5.75 Å². The lowest BCUT2D eigenvalue weighted by molar-refractivity contribution is 0.300. The molecule has 0 unspecified atom stereocenters. The quantitative estimate of drug-likeness (QED) is 0.891. The molecule has 5 nitrogen and oxygen atoms in total. The summed E-state index contributed by atoms with van der Waals surface area (Å²) in [6.07, 6.45) is 0.583. The van der Waals surface area contributed by atoms with E-state index in [9.17, 15) is 0 Å². The molecule has 0 saturated carbocycles. The van der Waals surface area contributed by atoms with Crippen LogP contribution >= 0.6 is 0 Å². The number of benzene rings is 1. The maximum Gasteiger partial charge on any atom is 0.230 e. The zero-order chi connectivity index (χ0) is 13.8. The Morgan fingerprint density at radius 3 is 2.47 bits per heavy atom. The number of hydrogen-bond donors (Lipinski definition) is 1. The van der Waals surface area contributed by atoms with Gasteiger partial charge in [-0.2, -0.15) is 0 Å². The molecule has 1 aromatic carbocycles. The van der Waals surface area contributed by atoms with E-state index in [0.29, 0.717) is 24.8 Å². The molecular weight excluding hydrogens is 242 g/mol. The highest BCUT2D eigenvalue weighted by Crippen LogP contribution is 2.25. The summed E-state index contributed by atoms with van der Waals surface area (Å²) in [5.74, 6) is 1.96. The topological polar surface area (TPSA) is 74.2 Å². The Balaban J connectivity index is 1.97. The molecule has 0 fully saturated rings. The van der Waals surface area contributed by atoms with Gasteiger partial charge in [-0.1, -0.05) is 12.1 Å². The van der Waals surface area contributed by atoms with Gasteiger partial charge in [0.05, 0.1) is 19.6 Å². The molecule has 0 atom stereocenters. The average Bonchev–Trinajstić information content (AvgIpc) is 2.86. The largest absolute Gasteiger partial charge is 0.492 e. The highest BCUT2D eigenvalue weighted by molar-refractivity contribution is 5.44. The SMILES string of the molecule is Cc1ccc(C)c(OCCc2nnc(CN)o2)c1C. The molecule has 0 aliphatic heterocycles. The average molecular weight is 261 g/mol. The third kappa shape index (κ3) is 3.12. The van der Waals surface area contributed by atoms with E-state index in [4.69, 9.17) is 14.9 Å². The van der Waals surface area contributed by atoms with Crippen molar-refractivity contribution in [2.45, 2.75) is 33.7 Å². The van der Waals surface area contributed by atoms with Gasteiger partial charge >= 0.3 is 0 Å². The van der Waals surface area contributed by atoms with E-state index in [2.05, 4.69) is 36.2 Å². The lowest BCUT2D eigenvalue weighted by Gasteiger charge is -2.13. The molecule has 2 N–H and O–H groups in total. The number of ether oxygens (including phenoxy) is 1. The van der Waals surface area contributed by atoms with Crippen molar-refractivity contribution in [2.24, 2.45) is 5.73 Å². The van der Waals surface area contributed by atoms with Crippen LogP contribution in [0.2, 0.25) is 0 Å². The Kier molecular flexibility index (Phi) is 4.16. The maximum atomic E-state index is 5.84. The zero-order valence-corrected chi connectivity index (χ0v) is 11.6. The standard InChI is InChI=1S/C14H19N3O2/c1-9-4-5-10(2)14(11(9)3)18-7-6-12-16-17-13(8-15)19-12/h4-5H,6-8,15H2,1-3H3. The number of aromatic nitrogens is 2. The first-order valence-electron chi connectivity index (χ1n) is 6.32. The molecule has 1 heterocycles. The first kappa shape index (κ1) is 13.5. The number of hydrogen-bond acceptors (Lipinski definition) is 5. The highest BCUT2D eigenvalue weighted by atomic mass is 16.5. The molecule has 0 aliphatic rings. The van der Waals surface area contributed by atoms with Crippen LogP contribution in [-0.4, -0.2) is 16.8 Å². The third-order valence-electron chi connectivity index (χ3n) is 3.12. The van der Waals surface area contributed by atoms with E-state index in [-0.39, 0.29) is 6.54 Å². The zero-order valence-electron chi connectivity index (χ0n) is 11.6. The molecular formula is C14H19N3O2. The van der Waals surface area contributed by atoms with Crippen LogP contribution < -0.4 is 10.5 Å². The Labute approximate surface area is 112 Å². The molecule has 0 radical (unpaired) electrons. The molecule has 0 saturated heterocycles. The normalized spacial score (nSPS) is 10.7. The maximum absolute atomic E-state index is 5.84. The number of nitrogens with zero attached hydrogens (tertiary/aromatic N) is 2. The van der Waals surface area contributed by atoms with E-state index in [1.807, 2.05) is 6.92 Å². The van der Waals surface area contributed by atoms with Crippen LogP contribution in [0.25, 0.3) is 0 Å². The predicted molar refractivity (Wildman–Crippen MR) is 72.0 cm³/mol. The second-order valence-corrected chi connectivity index (χ2v) is 4.55. The fourth-order valence-corrected chi connectivity index (χ4v) is 1.86. The Hall–Kier alpha value is -1.88. The summed E-state index contributed by atoms with van der Waals surface area (Å²) in [5.41, 5.74) is 8.95. The first-order chi connectivity index (χ1) is 9.11. The molecule has 5 heteroatoms. The van der Waals surface area contributed by atoms with E-state index < -0.39 is 0 Å². The monoisotopic (exact) mass is 261 g/mol. The van der Waals surface area contributed by atoms with Crippen LogP contribution in [-0.2, 0) is 13.0 Å². The van der Waals surface area contributed by atoms with Crippen molar-refractivity contribution in [1.29, 1.82) is 0 Å². The molecule has 0 aliphatic carbocycles. The minimum Gasteiger partial charge on any atom is -0.492 e. The van der Waals surface area contributed by atoms with Crippen molar-refractivity contribution in [3.05, 3.63) is 40.6 Å². The lowest BCUT2D eigenvalue weighted by Crippen LogP contribution is -2.04. The summed E-state index contributed by atoms with van der Waals surface area (Å²) in [6.45, 7) is 6.96. The molecule has 0 spiro atoms. The molecule has 2 aromatic rings. The molecule has 0 amide bonds. The van der Waals surface area contributed by atoms with Crippen LogP contribution in [0.3, 0.4) is 0 Å². The summed E-state index contributed by atoms with van der Waals surface area (Å²) in [4.78, 5) is 0. The van der Waals surface area contributed by atoms with Crippen molar-refractivity contribution in [3.63, 3.8) is 0 Å². The number of nitrogens with two attached hydrogens (primary N) is 1. The molecule has 19 heavy (non-hydrogen) atoms. The second kappa shape index (κ2) is 5.84. The smallest absolute Gasteiger partial charge is 0.230 e. The van der Waals surface area contributed by atoms with Gasteiger partial charge in [-0.3, -0.25) is 0 Å². The fraction of sp³-hybridized carbons (Fsp3) is 0.429. The van der Waals surface area contributed by atoms with Crippen LogP contribution in [0.15, 0.2) is 16.5 Å². The van der Waals surface area contributed by atoms with Gasteiger partial charge in [0, 0.05) is 0 Å². The lowest BCUT2D eigenvalue weighted by atomic mass is 10.1. The predicted octanol–water partition coefficient (Wildman–Crippen LogP) is 2.08. The van der Waals surface area contributed by atoms with Gasteiger partial charge in [0.2, 0.25) is 11.8 Å². The van der Waals surface area contributed by atoms with Gasteiger partial charge in [-0.15, -0.1) is 10.2 Å². The first-order valence-corrected chi connectivity index (χ1v) is 6.32. The molecule has 102 valence electrons. The molecule has 1 aromatic heterocycles. The van der Waals surface area contributed by atoms with Crippen LogP contribution in [0.1, 0.15) is 28.5 Å². The van der Waals surface area contributed by atoms with Crippen molar-refractivity contribution in [1.82, 2.24) is 10.2 Å². The van der Waals surface area contributed by atoms with E-state index in [1.165, 1.54) is 11.1 Å². The minimum atomic E-state index is 0.268. The van der Waals surface area contributed by atoms with E-state index >= 15 is 0 Å². The summed E-state index contributed by atoms with van der Waals surface area (Å²) in [5, 5.41) is 7.72. The van der Waals surface area contributed by atoms with E-state index in [0.717, 1.165) is 11.3 Å². The Bertz CT molecular complexity index is 564. The van der Waals surface area contributed by atoms with E-state index in [1.54, 1.807) is 0 Å². The van der Waals surface area contributed by atoms with Gasteiger partial charge in [-0.25, -0.2) is 0 Å². The summed E-state index contributed by atoms with van der Waals surface area (Å²) < 4.78 is 11.2. The van der Waals surface area contributed by atoms with Gasteiger partial charge in [-0.05, 0) is 37.5 Å². The Morgan fingerprint density at radius 2 is 1.79 bits per heavy atom. The van der Waals surface area contributed by atoms with Gasteiger partial charge in [0.15, 0.2) is 0 Å². The van der Waals surface area contributed by atoms with Crippen LogP contribution in [0.5, 0.6) is 5.75 Å². The minimum absolute atomic E-state index is 0.268. The Morgan fingerprint density at radius 1 is 1.11 bits per heavy atom. The highest BCUT2D eigenvalue weighted by Gasteiger charge is 2.08. The van der Waals surface area contributed by atoms with Gasteiger partial charge in [0.25, 0.3) is 0 Å². The van der Waals surface area contributed by atoms with Gasteiger partial charge < -0.3 is 14.9 Å². The molecule has 2 rings (SSSR count). The second-order valence-electron chi connectivity index (χ2n) is 4.55. The van der Waals surface area contributed by atoms with Crippen molar-refractivity contribution in [2.75, 3.05) is 6.61 Å². The number of aryl methyl sites for hydroxylation is 2. The summed E-state index contributed by atoms with van der Waals surface area (Å²) in [7, 11) is 0. The van der Waals surface area contributed by atoms with Crippen molar-refractivity contribution < 1.29 is 9.15 Å². The number of rotatable bonds is 5. The molecule has 0 bridgehead atoms. The third-order valence-corrected chi connectivity index (χ3v) is 3.12. The van der Waals surface area contributed by atoms with Crippen LogP contribution in [0.4, 0.5) is 0 Å². The van der Waals surface area contributed by atoms with Crippen LogP contribution in [0, 0.1) is 20.8 Å². The summed E-state index contributed by atoms with van der Waals surface area (Å²) >= 11 is 0. The summed E-state index contributed by atoms with van der Waals surface area (Å²) in [6, 6.07) is 4.17. The fourth-order valence-electron chi connectivity index (χ4n) is 1.86.